The minimum absolute atomic E-state index is 0.469. The van der Waals surface area contributed by atoms with E-state index in [0.29, 0.717) is 6.04 Å². The maximum absolute atomic E-state index is 5.89. The highest BCUT2D eigenvalue weighted by Crippen LogP contribution is 2.36. The zero-order chi connectivity index (χ0) is 9.26. The van der Waals surface area contributed by atoms with E-state index in [9.17, 15) is 0 Å². The molecule has 0 bridgehead atoms. The van der Waals surface area contributed by atoms with Crippen LogP contribution in [0.1, 0.15) is 42.0 Å². The number of aryl methyl sites for hydroxylation is 1. The molecule has 0 aliphatic heterocycles. The van der Waals surface area contributed by atoms with E-state index >= 15 is 0 Å². The van der Waals surface area contributed by atoms with Crippen LogP contribution < -0.4 is 5.73 Å². The molecule has 1 aromatic heterocycles. The quantitative estimate of drug-likeness (QED) is 0.732. The van der Waals surface area contributed by atoms with Crippen molar-refractivity contribution in [1.82, 2.24) is 0 Å². The van der Waals surface area contributed by atoms with Crippen molar-refractivity contribution in [2.75, 3.05) is 0 Å². The topological polar surface area (TPSA) is 26.0 Å². The second-order valence-electron chi connectivity index (χ2n) is 4.08. The first kappa shape index (κ1) is 9.22. The summed E-state index contributed by atoms with van der Waals surface area (Å²) in [6.07, 6.45) is 5.01. The Bertz CT molecular complexity index is 271. The van der Waals surface area contributed by atoms with Crippen LogP contribution in [-0.2, 0) is 0 Å². The van der Waals surface area contributed by atoms with Gasteiger partial charge in [-0.2, -0.15) is 0 Å². The van der Waals surface area contributed by atoms with Crippen molar-refractivity contribution in [2.45, 2.75) is 44.6 Å². The van der Waals surface area contributed by atoms with Crippen LogP contribution in [0.15, 0.2) is 11.4 Å². The highest BCUT2D eigenvalue weighted by atomic mass is 32.1. The number of hydrogen-bond donors (Lipinski definition) is 1. The van der Waals surface area contributed by atoms with Crippen LogP contribution in [0.5, 0.6) is 0 Å². The first-order valence-electron chi connectivity index (χ1n) is 5.07. The van der Waals surface area contributed by atoms with E-state index in [0.717, 1.165) is 5.92 Å². The lowest BCUT2D eigenvalue weighted by molar-refractivity contribution is 0.398. The Morgan fingerprint density at radius 2 is 2.00 bits per heavy atom. The fraction of sp³-hybridized carbons (Fsp3) is 0.636. The van der Waals surface area contributed by atoms with Crippen molar-refractivity contribution in [2.24, 2.45) is 5.73 Å². The normalized spacial score (nSPS) is 29.1. The summed E-state index contributed by atoms with van der Waals surface area (Å²) >= 11 is 1.92. The van der Waals surface area contributed by atoms with Gasteiger partial charge in [-0.3, -0.25) is 0 Å². The standard InChI is InChI=1S/C11H17NS/c1-8-6-7-13-11(8)9-2-4-10(12)5-3-9/h6-7,9-10H,2-5,12H2,1H3. The number of nitrogens with two attached hydrogens (primary N) is 1. The van der Waals surface area contributed by atoms with E-state index in [1.807, 2.05) is 11.3 Å². The van der Waals surface area contributed by atoms with Crippen LogP contribution in [0.25, 0.3) is 0 Å². The molecule has 1 aliphatic rings. The van der Waals surface area contributed by atoms with Gasteiger partial charge in [0.1, 0.15) is 0 Å². The largest absolute Gasteiger partial charge is 0.328 e. The zero-order valence-corrected chi connectivity index (χ0v) is 8.94. The van der Waals surface area contributed by atoms with Gasteiger partial charge in [0, 0.05) is 10.9 Å². The third-order valence-corrected chi connectivity index (χ3v) is 4.23. The van der Waals surface area contributed by atoms with Crippen molar-refractivity contribution in [3.05, 3.63) is 21.9 Å². The summed E-state index contributed by atoms with van der Waals surface area (Å²) in [6.45, 7) is 2.22. The molecule has 1 aromatic rings. The van der Waals surface area contributed by atoms with Crippen molar-refractivity contribution < 1.29 is 0 Å². The predicted octanol–water partition coefficient (Wildman–Crippen LogP) is 3.04. The molecule has 72 valence electrons. The second kappa shape index (κ2) is 3.81. The lowest BCUT2D eigenvalue weighted by Gasteiger charge is -2.25. The number of hydrogen-bond acceptors (Lipinski definition) is 2. The van der Waals surface area contributed by atoms with Gasteiger partial charge in [0.2, 0.25) is 0 Å². The molecule has 0 aromatic carbocycles. The average Bonchev–Trinajstić information content (AvgIpc) is 2.53. The Morgan fingerprint density at radius 1 is 1.31 bits per heavy atom. The summed E-state index contributed by atoms with van der Waals surface area (Å²) < 4.78 is 0. The molecule has 0 radical (unpaired) electrons. The van der Waals surface area contributed by atoms with E-state index in [1.54, 1.807) is 4.88 Å². The lowest BCUT2D eigenvalue weighted by Crippen LogP contribution is -2.25. The van der Waals surface area contributed by atoms with E-state index in [2.05, 4.69) is 18.4 Å². The maximum atomic E-state index is 5.89. The monoisotopic (exact) mass is 195 g/mol. The SMILES string of the molecule is Cc1ccsc1C1CCC(N)CC1. The van der Waals surface area contributed by atoms with Crippen molar-refractivity contribution >= 4 is 11.3 Å². The molecule has 2 heteroatoms. The molecule has 2 N–H and O–H groups in total. The van der Waals surface area contributed by atoms with Crippen molar-refractivity contribution in [1.29, 1.82) is 0 Å². The van der Waals surface area contributed by atoms with E-state index in [4.69, 9.17) is 5.73 Å². The highest BCUT2D eigenvalue weighted by molar-refractivity contribution is 7.10. The maximum Gasteiger partial charge on any atom is 0.0105 e. The van der Waals surface area contributed by atoms with Crippen LogP contribution in [0, 0.1) is 6.92 Å². The Labute approximate surface area is 84.0 Å². The Kier molecular flexibility index (Phi) is 2.70. The number of rotatable bonds is 1. The smallest absolute Gasteiger partial charge is 0.0105 e. The molecule has 0 amide bonds. The Morgan fingerprint density at radius 3 is 2.54 bits per heavy atom. The summed E-state index contributed by atoms with van der Waals surface area (Å²) in [4.78, 5) is 1.60. The van der Waals surface area contributed by atoms with Gasteiger partial charge in [-0.25, -0.2) is 0 Å². The van der Waals surface area contributed by atoms with Gasteiger partial charge in [0.25, 0.3) is 0 Å². The summed E-state index contributed by atoms with van der Waals surface area (Å²) in [6, 6.07) is 2.70. The molecule has 13 heavy (non-hydrogen) atoms. The van der Waals surface area contributed by atoms with Crippen LogP contribution in [0.2, 0.25) is 0 Å². The highest BCUT2D eigenvalue weighted by Gasteiger charge is 2.21. The van der Waals surface area contributed by atoms with Gasteiger partial charge in [0.15, 0.2) is 0 Å². The van der Waals surface area contributed by atoms with E-state index < -0.39 is 0 Å². The van der Waals surface area contributed by atoms with Gasteiger partial charge in [-0.05, 0) is 55.5 Å². The van der Waals surface area contributed by atoms with Gasteiger partial charge >= 0.3 is 0 Å². The molecule has 0 spiro atoms. The van der Waals surface area contributed by atoms with Gasteiger partial charge in [-0.15, -0.1) is 11.3 Å². The minimum atomic E-state index is 0.469. The van der Waals surface area contributed by atoms with Gasteiger partial charge in [0.05, 0.1) is 0 Å². The molecule has 1 heterocycles. The molecule has 2 rings (SSSR count). The van der Waals surface area contributed by atoms with Crippen LogP contribution in [0.4, 0.5) is 0 Å². The Balaban J connectivity index is 2.06. The molecule has 1 nitrogen and oxygen atoms in total. The molecule has 1 fully saturated rings. The molecule has 0 unspecified atom stereocenters. The molecule has 0 saturated heterocycles. The molecule has 0 atom stereocenters. The average molecular weight is 195 g/mol. The Hall–Kier alpha value is -0.340. The van der Waals surface area contributed by atoms with Crippen molar-refractivity contribution in [3.63, 3.8) is 0 Å². The summed E-state index contributed by atoms with van der Waals surface area (Å²) in [7, 11) is 0. The molecular formula is C11H17NS. The summed E-state index contributed by atoms with van der Waals surface area (Å²) in [5.41, 5.74) is 7.37. The summed E-state index contributed by atoms with van der Waals surface area (Å²) in [5.74, 6) is 0.805. The van der Waals surface area contributed by atoms with Crippen LogP contribution in [0.3, 0.4) is 0 Å². The lowest BCUT2D eigenvalue weighted by atomic mass is 9.84. The third kappa shape index (κ3) is 1.94. The van der Waals surface area contributed by atoms with Gasteiger partial charge < -0.3 is 5.73 Å². The van der Waals surface area contributed by atoms with Crippen LogP contribution >= 0.6 is 11.3 Å². The van der Waals surface area contributed by atoms with Crippen LogP contribution in [-0.4, -0.2) is 6.04 Å². The van der Waals surface area contributed by atoms with E-state index in [-0.39, 0.29) is 0 Å². The number of thiophene rings is 1. The molecule has 1 aliphatic carbocycles. The fourth-order valence-corrected chi connectivity index (χ4v) is 3.28. The summed E-state index contributed by atoms with van der Waals surface area (Å²) in [5, 5.41) is 2.21. The predicted molar refractivity (Wildman–Crippen MR) is 58.2 cm³/mol. The van der Waals surface area contributed by atoms with Gasteiger partial charge in [-0.1, -0.05) is 0 Å². The molecule has 1 saturated carbocycles. The fourth-order valence-electron chi connectivity index (χ4n) is 2.18. The van der Waals surface area contributed by atoms with Crippen molar-refractivity contribution in [3.8, 4) is 0 Å². The van der Waals surface area contributed by atoms with E-state index in [1.165, 1.54) is 31.2 Å². The first-order chi connectivity index (χ1) is 6.27. The second-order valence-corrected chi connectivity index (χ2v) is 5.03. The molecular weight excluding hydrogens is 178 g/mol. The zero-order valence-electron chi connectivity index (χ0n) is 8.12. The minimum Gasteiger partial charge on any atom is -0.328 e. The first-order valence-corrected chi connectivity index (χ1v) is 5.95. The third-order valence-electron chi connectivity index (χ3n) is 3.04.